The normalized spacial score (nSPS) is 7.57. The van der Waals surface area contributed by atoms with Gasteiger partial charge in [0.25, 0.3) is 0 Å². The molecular weight excluding hydrogens is 460 g/mol. The van der Waals surface area contributed by atoms with Crippen LogP contribution in [0.5, 0.6) is 11.5 Å². The van der Waals surface area contributed by atoms with Crippen LogP contribution in [-0.2, 0) is 25.8 Å². The molecule has 3 nitrogen and oxygen atoms in total. The Morgan fingerprint density at radius 1 is 0.739 bits per heavy atom. The summed E-state index contributed by atoms with van der Waals surface area (Å²) in [6, 6.07) is 20.4. The van der Waals surface area contributed by atoms with Gasteiger partial charge in [0.1, 0.15) is 0 Å². The summed E-state index contributed by atoms with van der Waals surface area (Å²) >= 11 is 0. The molecule has 0 aliphatic rings. The zero-order valence-corrected chi connectivity index (χ0v) is 17.9. The third-order valence-corrected chi connectivity index (χ3v) is 1.95. The van der Waals surface area contributed by atoms with Crippen molar-refractivity contribution in [2.24, 2.45) is 0 Å². The molecule has 0 atom stereocenters. The molecule has 0 fully saturated rings. The van der Waals surface area contributed by atoms with Crippen LogP contribution in [0, 0.1) is 12.1 Å². The van der Waals surface area contributed by atoms with Gasteiger partial charge < -0.3 is 14.2 Å². The minimum atomic E-state index is 0. The maximum Gasteiger partial charge on any atom is 2.00 e. The zero-order chi connectivity index (χ0) is 17.1. The van der Waals surface area contributed by atoms with Crippen LogP contribution < -0.4 is 9.47 Å². The molecule has 0 saturated carbocycles. The van der Waals surface area contributed by atoms with E-state index in [1.165, 1.54) is 0 Å². The topological polar surface area (TPSA) is 27.7 Å². The van der Waals surface area contributed by atoms with Crippen LogP contribution in [0.3, 0.4) is 0 Å². The Morgan fingerprint density at radius 3 is 1.43 bits per heavy atom. The Labute approximate surface area is 156 Å². The SMILES string of the molecule is CC.CC.COCOc1cc[c-]cc1.COc1cc[c-]cc1.[W+2]. The number of benzene rings is 2. The third-order valence-electron chi connectivity index (χ3n) is 1.95. The number of hydrogen-bond donors (Lipinski definition) is 0. The van der Waals surface area contributed by atoms with Crippen molar-refractivity contribution in [3.8, 4) is 11.5 Å². The largest absolute Gasteiger partial charge is 2.00 e. The van der Waals surface area contributed by atoms with Gasteiger partial charge in [0.05, 0.1) is 7.11 Å². The van der Waals surface area contributed by atoms with Crippen LogP contribution in [0.25, 0.3) is 0 Å². The van der Waals surface area contributed by atoms with Gasteiger partial charge in [-0.2, -0.15) is 36.4 Å². The average Bonchev–Trinajstić information content (AvgIpc) is 2.65. The molecular formula is C19H28O3W. The summed E-state index contributed by atoms with van der Waals surface area (Å²) in [5, 5.41) is 0. The Morgan fingerprint density at radius 2 is 1.13 bits per heavy atom. The van der Waals surface area contributed by atoms with Crippen LogP contribution in [0.2, 0.25) is 0 Å². The van der Waals surface area contributed by atoms with Crippen LogP contribution in [0.15, 0.2) is 48.5 Å². The van der Waals surface area contributed by atoms with Gasteiger partial charge >= 0.3 is 21.1 Å². The molecule has 23 heavy (non-hydrogen) atoms. The van der Waals surface area contributed by atoms with E-state index in [9.17, 15) is 0 Å². The Kier molecular flexibility index (Phi) is 26.5. The summed E-state index contributed by atoms with van der Waals surface area (Å²) in [7, 11) is 3.24. The molecule has 2 aromatic rings. The first kappa shape index (κ1) is 26.6. The summed E-state index contributed by atoms with van der Waals surface area (Å²) in [6.07, 6.45) is 0. The van der Waals surface area contributed by atoms with E-state index in [4.69, 9.17) is 14.2 Å². The molecule has 2 rings (SSSR count). The van der Waals surface area contributed by atoms with E-state index in [1.54, 1.807) is 26.4 Å². The minimum absolute atomic E-state index is 0. The zero-order valence-electron chi connectivity index (χ0n) is 15.0. The molecule has 0 spiro atoms. The maximum atomic E-state index is 5.11. The van der Waals surface area contributed by atoms with Gasteiger partial charge in [-0.15, -0.1) is 24.3 Å². The van der Waals surface area contributed by atoms with E-state index < -0.39 is 0 Å². The van der Waals surface area contributed by atoms with Crippen molar-refractivity contribution in [1.82, 2.24) is 0 Å². The quantitative estimate of drug-likeness (QED) is 0.447. The monoisotopic (exact) mass is 488 g/mol. The molecule has 4 heteroatoms. The predicted molar refractivity (Wildman–Crippen MR) is 92.3 cm³/mol. The number of ether oxygens (including phenoxy) is 3. The summed E-state index contributed by atoms with van der Waals surface area (Å²) in [5.41, 5.74) is 0. The van der Waals surface area contributed by atoms with E-state index in [2.05, 4.69) is 12.1 Å². The molecule has 0 radical (unpaired) electrons. The number of rotatable bonds is 4. The van der Waals surface area contributed by atoms with Crippen molar-refractivity contribution in [2.75, 3.05) is 21.0 Å². The summed E-state index contributed by atoms with van der Waals surface area (Å²) in [6.45, 7) is 8.30. The van der Waals surface area contributed by atoms with E-state index in [1.807, 2.05) is 64.1 Å². The second-order valence-corrected chi connectivity index (χ2v) is 3.23. The van der Waals surface area contributed by atoms with Gasteiger partial charge in [-0.05, 0) is 0 Å². The molecule has 0 aliphatic carbocycles. The standard InChI is InChI=1S/C8H9O2.C7H7O.2C2H6.W/c1-9-7-10-8-5-3-2-4-6-8;1-8-7-5-3-2-4-6-7;2*1-2;/h3-6H,7H2,1H3;3-6H,1H3;2*1-2H3;/q2*-1;;;+2. The molecule has 0 bridgehead atoms. The van der Waals surface area contributed by atoms with Crippen LogP contribution >= 0.6 is 0 Å². The third kappa shape index (κ3) is 16.9. The van der Waals surface area contributed by atoms with Crippen molar-refractivity contribution >= 4 is 0 Å². The fourth-order valence-corrected chi connectivity index (χ4v) is 1.10. The van der Waals surface area contributed by atoms with E-state index in [0.717, 1.165) is 11.5 Å². The molecule has 0 aliphatic heterocycles. The van der Waals surface area contributed by atoms with Gasteiger partial charge in [0.2, 0.25) is 0 Å². The van der Waals surface area contributed by atoms with Gasteiger partial charge in [0, 0.05) is 18.6 Å². The summed E-state index contributed by atoms with van der Waals surface area (Å²) < 4.78 is 14.7. The van der Waals surface area contributed by atoms with Crippen molar-refractivity contribution in [1.29, 1.82) is 0 Å². The molecule has 0 aromatic heterocycles. The van der Waals surface area contributed by atoms with E-state index in [-0.39, 0.29) is 21.1 Å². The summed E-state index contributed by atoms with van der Waals surface area (Å²) in [5.74, 6) is 1.68. The Hall–Kier alpha value is -1.31. The fourth-order valence-electron chi connectivity index (χ4n) is 1.10. The maximum absolute atomic E-state index is 5.11. The molecule has 0 unspecified atom stereocenters. The first-order valence-electron chi connectivity index (χ1n) is 7.44. The average molecular weight is 488 g/mol. The van der Waals surface area contributed by atoms with Gasteiger partial charge in [-0.1, -0.05) is 27.7 Å². The second-order valence-electron chi connectivity index (χ2n) is 3.23. The molecule has 0 amide bonds. The Balaban J connectivity index is -0.000000280. The Bertz CT molecular complexity index is 407. The van der Waals surface area contributed by atoms with Crippen molar-refractivity contribution in [3.05, 3.63) is 60.7 Å². The first-order chi connectivity index (χ1) is 10.9. The fraction of sp³-hybridized carbons (Fsp3) is 0.368. The first-order valence-corrected chi connectivity index (χ1v) is 7.44. The van der Waals surface area contributed by atoms with Crippen molar-refractivity contribution in [2.45, 2.75) is 27.7 Å². The van der Waals surface area contributed by atoms with E-state index in [0.29, 0.717) is 6.79 Å². The number of hydrogen-bond acceptors (Lipinski definition) is 3. The molecule has 0 N–H and O–H groups in total. The van der Waals surface area contributed by atoms with Crippen LogP contribution in [0.1, 0.15) is 27.7 Å². The second kappa shape index (κ2) is 23.0. The number of methoxy groups -OCH3 is 2. The van der Waals surface area contributed by atoms with Crippen LogP contribution in [-0.4, -0.2) is 21.0 Å². The smallest absolute Gasteiger partial charge is 0.522 e. The summed E-state index contributed by atoms with van der Waals surface area (Å²) in [4.78, 5) is 0. The van der Waals surface area contributed by atoms with Gasteiger partial charge in [-0.25, -0.2) is 0 Å². The van der Waals surface area contributed by atoms with E-state index >= 15 is 0 Å². The molecule has 0 heterocycles. The minimum Gasteiger partial charge on any atom is -0.522 e. The van der Waals surface area contributed by atoms with Crippen LogP contribution in [0.4, 0.5) is 0 Å². The molecule has 2 aromatic carbocycles. The molecule has 0 saturated heterocycles. The predicted octanol–water partition coefficient (Wildman–Crippen LogP) is 5.01. The molecule has 128 valence electrons. The van der Waals surface area contributed by atoms with Crippen molar-refractivity contribution < 1.29 is 35.3 Å². The van der Waals surface area contributed by atoms with Crippen molar-refractivity contribution in [3.63, 3.8) is 0 Å². The van der Waals surface area contributed by atoms with Gasteiger partial charge in [0.15, 0.2) is 6.79 Å². The van der Waals surface area contributed by atoms with Gasteiger partial charge in [-0.3, -0.25) is 0 Å².